The number of nitro benzene ring substituents is 1. The highest BCUT2D eigenvalue weighted by Gasteiger charge is 2.52. The van der Waals surface area contributed by atoms with Crippen LogP contribution in [-0.4, -0.2) is 115 Å². The van der Waals surface area contributed by atoms with Crippen LogP contribution in [0.4, 0.5) is 28.4 Å². The number of aromatic amines is 1. The van der Waals surface area contributed by atoms with Crippen molar-refractivity contribution in [1.29, 1.82) is 0 Å². The molecular formula is C56H70N8O9S. The summed E-state index contributed by atoms with van der Waals surface area (Å²) < 4.78 is 50.0. The average molecular weight is 1030 g/mol. The summed E-state index contributed by atoms with van der Waals surface area (Å²) in [5, 5.41) is 26.8. The van der Waals surface area contributed by atoms with Gasteiger partial charge >= 0.3 is 0 Å². The minimum absolute atomic E-state index is 0.107. The van der Waals surface area contributed by atoms with Crippen molar-refractivity contribution in [2.75, 3.05) is 61.1 Å². The molecule has 5 aromatic rings. The third-order valence-electron chi connectivity index (χ3n) is 17.3. The number of sulfonamides is 1. The van der Waals surface area contributed by atoms with Crippen LogP contribution < -0.4 is 24.6 Å². The zero-order valence-electron chi connectivity index (χ0n) is 43.1. The van der Waals surface area contributed by atoms with E-state index in [4.69, 9.17) is 19.2 Å². The molecule has 3 saturated heterocycles. The van der Waals surface area contributed by atoms with E-state index in [0.29, 0.717) is 73.9 Å². The molecule has 0 bridgehead atoms. The number of piperidine rings is 1. The highest BCUT2D eigenvalue weighted by Crippen LogP contribution is 2.54. The molecule has 2 aromatic heterocycles. The van der Waals surface area contributed by atoms with Crippen molar-refractivity contribution in [2.24, 2.45) is 11.3 Å². The van der Waals surface area contributed by atoms with Crippen molar-refractivity contribution in [1.82, 2.24) is 19.6 Å². The van der Waals surface area contributed by atoms with Gasteiger partial charge in [0.25, 0.3) is 21.6 Å². The normalized spacial score (nSPS) is 26.0. The van der Waals surface area contributed by atoms with Crippen molar-refractivity contribution < 1.29 is 37.5 Å². The second kappa shape index (κ2) is 19.4. The number of aromatic nitrogens is 2. The van der Waals surface area contributed by atoms with Crippen molar-refractivity contribution in [3.8, 4) is 5.88 Å². The molecule has 6 heterocycles. The summed E-state index contributed by atoms with van der Waals surface area (Å²) in [5.74, 6) is 0.0929. The van der Waals surface area contributed by atoms with Gasteiger partial charge in [-0.05, 0) is 149 Å². The first-order valence-corrected chi connectivity index (χ1v) is 28.1. The third kappa shape index (κ3) is 9.60. The SMILES string of the molecule is CC(C)c1ccccc1[C@@H]1COCCN1C1CC2(CCN(c3ccc(C(=O)NS(=O)(=O)c4ccc(NC[C@H]5CC[C@](C)(O)CC5)c([N+](=O)[O-])c4)c(N4c5cc6cc[nH]c6nc5O[C@@H]5[C@@H]4CCOC5(C)C)c3)CC2)C1. The van der Waals surface area contributed by atoms with E-state index in [1.54, 1.807) is 6.07 Å². The second-order valence-corrected chi connectivity index (χ2v) is 24.7. The molecule has 394 valence electrons. The lowest BCUT2D eigenvalue weighted by Crippen LogP contribution is -2.61. The molecule has 17 nitrogen and oxygen atoms in total. The lowest BCUT2D eigenvalue weighted by atomic mass is 9.59. The Balaban J connectivity index is 0.881. The molecule has 3 aromatic carbocycles. The van der Waals surface area contributed by atoms with Gasteiger partial charge in [-0.3, -0.25) is 19.8 Å². The van der Waals surface area contributed by atoms with Crippen molar-refractivity contribution in [3.63, 3.8) is 0 Å². The van der Waals surface area contributed by atoms with Crippen LogP contribution in [0, 0.1) is 21.4 Å². The number of carbonyl (C=O) groups excluding carboxylic acids is 1. The third-order valence-corrected chi connectivity index (χ3v) is 18.7. The standard InChI is InChI=1S/C56H70N8O9S/c1-35(2)41-8-6-7-9-42(41)49-34-71-27-25-62(49)39-31-56(32-39)20-23-61(24-21-56)38-10-12-43(46(29-38)63-45-17-26-72-54(3,4)50(45)73-53-48(63)28-37-16-22-57-51(37)59-53)52(65)60-74(69,70)40-11-13-44(47(30-40)64(67)68)58-33-36-14-18-55(5,66)19-15-36/h6-13,16,22,28-30,35-36,39,45,49-50,58,66H,14-15,17-21,23-27,31-34H2,1-5H3,(H,57,59)(H,60,65)/t36-,45-,49-,50+,55-/m0/s1. The van der Waals surface area contributed by atoms with E-state index in [2.05, 4.69) is 67.8 Å². The number of ether oxygens (including phenoxy) is 3. The van der Waals surface area contributed by atoms with Crippen LogP contribution in [0.15, 0.2) is 83.9 Å². The van der Waals surface area contributed by atoms with Gasteiger partial charge < -0.3 is 39.4 Å². The second-order valence-electron chi connectivity index (χ2n) is 23.0. The molecular weight excluding hydrogens is 961 g/mol. The van der Waals surface area contributed by atoms with Gasteiger partial charge in [-0.1, -0.05) is 38.1 Å². The molecule has 5 fully saturated rings. The van der Waals surface area contributed by atoms with Gasteiger partial charge in [-0.15, -0.1) is 0 Å². The predicted octanol–water partition coefficient (Wildman–Crippen LogP) is 9.36. The van der Waals surface area contributed by atoms with Crippen LogP contribution in [0.1, 0.15) is 126 Å². The number of aliphatic hydroxyl groups is 1. The summed E-state index contributed by atoms with van der Waals surface area (Å²) in [6.07, 6.45) is 8.95. The van der Waals surface area contributed by atoms with E-state index in [9.17, 15) is 28.4 Å². The van der Waals surface area contributed by atoms with E-state index in [0.717, 1.165) is 81.9 Å². The largest absolute Gasteiger partial charge is 0.468 e. The summed E-state index contributed by atoms with van der Waals surface area (Å²) in [4.78, 5) is 41.5. The topological polar surface area (TPSA) is 205 Å². The predicted molar refractivity (Wildman–Crippen MR) is 284 cm³/mol. The number of hydrogen-bond acceptors (Lipinski definition) is 14. The molecule has 11 rings (SSSR count). The van der Waals surface area contributed by atoms with Crippen LogP contribution in [0.25, 0.3) is 11.0 Å². The first-order chi connectivity index (χ1) is 35.4. The Hall–Kier alpha value is -5.79. The van der Waals surface area contributed by atoms with Crippen LogP contribution >= 0.6 is 0 Å². The number of nitrogens with zero attached hydrogens (tertiary/aromatic N) is 5. The monoisotopic (exact) mass is 1030 g/mol. The summed E-state index contributed by atoms with van der Waals surface area (Å²) in [6, 6.07) is 22.4. The zero-order valence-corrected chi connectivity index (χ0v) is 44.0. The van der Waals surface area contributed by atoms with Crippen molar-refractivity contribution in [3.05, 3.63) is 106 Å². The number of nitrogens with one attached hydrogen (secondary N) is 3. The maximum Gasteiger partial charge on any atom is 0.293 e. The van der Waals surface area contributed by atoms with E-state index < -0.39 is 48.7 Å². The molecule has 2 saturated carbocycles. The fourth-order valence-corrected chi connectivity index (χ4v) is 14.0. The minimum Gasteiger partial charge on any atom is -0.468 e. The van der Waals surface area contributed by atoms with Gasteiger partial charge in [0.05, 0.1) is 52.0 Å². The number of carbonyl (C=O) groups is 1. The molecule has 4 N–H and O–H groups in total. The van der Waals surface area contributed by atoms with E-state index >= 15 is 0 Å². The lowest BCUT2D eigenvalue weighted by Gasteiger charge is -2.57. The molecule has 2 aliphatic carbocycles. The molecule has 74 heavy (non-hydrogen) atoms. The Morgan fingerprint density at radius 2 is 1.72 bits per heavy atom. The Bertz CT molecular complexity index is 3040. The van der Waals surface area contributed by atoms with Crippen molar-refractivity contribution >= 4 is 55.4 Å². The molecule has 0 unspecified atom stereocenters. The number of anilines is 4. The van der Waals surface area contributed by atoms with Crippen LogP contribution in [-0.2, 0) is 19.5 Å². The zero-order chi connectivity index (χ0) is 51.7. The quantitative estimate of drug-likeness (QED) is 0.0679. The fourth-order valence-electron chi connectivity index (χ4n) is 13.0. The lowest BCUT2D eigenvalue weighted by molar-refractivity contribution is -0.384. The summed E-state index contributed by atoms with van der Waals surface area (Å²) in [7, 11) is -4.64. The molecule has 6 aliphatic rings. The van der Waals surface area contributed by atoms with Crippen LogP contribution in [0.3, 0.4) is 0 Å². The Morgan fingerprint density at radius 3 is 2.47 bits per heavy atom. The minimum atomic E-state index is -4.64. The maximum atomic E-state index is 14.8. The van der Waals surface area contributed by atoms with Gasteiger partial charge in [0.15, 0.2) is 0 Å². The number of fused-ring (bicyclic) bond motifs is 3. The van der Waals surface area contributed by atoms with Gasteiger partial charge in [-0.2, -0.15) is 4.98 Å². The number of amides is 1. The summed E-state index contributed by atoms with van der Waals surface area (Å²) in [5.41, 5.74) is 4.07. The van der Waals surface area contributed by atoms with Crippen molar-refractivity contribution in [2.45, 2.75) is 139 Å². The smallest absolute Gasteiger partial charge is 0.293 e. The number of nitro groups is 1. The molecule has 1 amide bonds. The maximum absolute atomic E-state index is 14.8. The number of morpholine rings is 1. The number of H-pyrrole nitrogens is 1. The van der Waals surface area contributed by atoms with Gasteiger partial charge in [-0.25, -0.2) is 13.1 Å². The highest BCUT2D eigenvalue weighted by molar-refractivity contribution is 7.90. The number of rotatable bonds is 12. The van der Waals surface area contributed by atoms with Gasteiger partial charge in [0, 0.05) is 62.2 Å². The fraction of sp³-hybridized carbons (Fsp3) is 0.536. The van der Waals surface area contributed by atoms with Crippen LogP contribution in [0.5, 0.6) is 5.88 Å². The van der Waals surface area contributed by atoms with E-state index in [1.807, 2.05) is 51.2 Å². The average Bonchev–Trinajstić information content (AvgIpc) is 3.84. The molecule has 0 radical (unpaired) electrons. The van der Waals surface area contributed by atoms with Gasteiger partial charge in [0.2, 0.25) is 5.88 Å². The number of pyridine rings is 1. The highest BCUT2D eigenvalue weighted by atomic mass is 32.2. The molecule has 1 spiro atoms. The van der Waals surface area contributed by atoms with E-state index in [1.165, 1.54) is 23.3 Å². The number of hydrogen-bond donors (Lipinski definition) is 4. The van der Waals surface area contributed by atoms with E-state index in [-0.39, 0.29) is 34.7 Å². The number of benzene rings is 3. The molecule has 4 aliphatic heterocycles. The summed E-state index contributed by atoms with van der Waals surface area (Å²) in [6.45, 7) is 15.2. The van der Waals surface area contributed by atoms with Crippen LogP contribution in [0.2, 0.25) is 0 Å². The van der Waals surface area contributed by atoms with Gasteiger partial charge in [0.1, 0.15) is 28.7 Å². The summed E-state index contributed by atoms with van der Waals surface area (Å²) >= 11 is 0. The Labute approximate surface area is 433 Å². The molecule has 18 heteroatoms. The first kappa shape index (κ1) is 50.4. The first-order valence-electron chi connectivity index (χ1n) is 26.6. The molecule has 3 atom stereocenters. The Kier molecular flexibility index (Phi) is 13.2. The Morgan fingerprint density at radius 1 is 0.946 bits per heavy atom.